The Morgan fingerprint density at radius 2 is 1.71 bits per heavy atom. The summed E-state index contributed by atoms with van der Waals surface area (Å²) in [6, 6.07) is 4.30. The van der Waals surface area contributed by atoms with E-state index in [0.29, 0.717) is 11.3 Å². The maximum Gasteiger partial charge on any atom is 0.410 e. The van der Waals surface area contributed by atoms with Crippen molar-refractivity contribution in [3.05, 3.63) is 24.0 Å². The molecule has 2 bridgehead atoms. The Morgan fingerprint density at radius 1 is 1.06 bits per heavy atom. The summed E-state index contributed by atoms with van der Waals surface area (Å²) in [6.45, 7) is 5.74. The van der Waals surface area contributed by atoms with Crippen molar-refractivity contribution in [1.29, 1.82) is 5.26 Å². The normalized spacial score (nSPS) is 30.5. The third-order valence-corrected chi connectivity index (χ3v) is 6.50. The molecule has 7 heteroatoms. The summed E-state index contributed by atoms with van der Waals surface area (Å²) < 4.78 is 18.2. The number of pyridine rings is 1. The molecule has 1 aromatic rings. The summed E-state index contributed by atoms with van der Waals surface area (Å²) in [5.74, 6) is 0.570. The summed E-state index contributed by atoms with van der Waals surface area (Å²) in [4.78, 5) is 18.7. The number of aromatic nitrogens is 1. The minimum absolute atomic E-state index is 0.0985. The van der Waals surface area contributed by atoms with Gasteiger partial charge in [0, 0.05) is 18.3 Å². The monoisotopic (exact) mass is 427 g/mol. The van der Waals surface area contributed by atoms with Crippen LogP contribution in [0.5, 0.6) is 5.75 Å². The first-order valence-corrected chi connectivity index (χ1v) is 11.5. The summed E-state index contributed by atoms with van der Waals surface area (Å²) in [7, 11) is 0. The molecule has 0 aromatic carbocycles. The largest absolute Gasteiger partial charge is 0.487 e. The SMILES string of the molecule is CC(C)(C)OC(=O)N1[C@H]2CC[C@H]1CC(OC1CCC(Oc3cnccc3C#N)CC1)C2. The lowest BCUT2D eigenvalue weighted by Gasteiger charge is -2.41. The number of amides is 1. The van der Waals surface area contributed by atoms with E-state index in [1.807, 2.05) is 25.7 Å². The van der Waals surface area contributed by atoms with Gasteiger partial charge in [-0.05, 0) is 78.2 Å². The smallest absolute Gasteiger partial charge is 0.410 e. The molecule has 2 saturated heterocycles. The number of fused-ring (bicyclic) bond motifs is 2. The first-order valence-electron chi connectivity index (χ1n) is 11.5. The molecular weight excluding hydrogens is 394 g/mol. The van der Waals surface area contributed by atoms with Crippen LogP contribution >= 0.6 is 0 Å². The van der Waals surface area contributed by atoms with Gasteiger partial charge < -0.3 is 19.1 Å². The number of carbonyl (C=O) groups excluding carboxylic acids is 1. The van der Waals surface area contributed by atoms with Crippen molar-refractivity contribution in [3.63, 3.8) is 0 Å². The Balaban J connectivity index is 1.25. The lowest BCUT2D eigenvalue weighted by molar-refractivity contribution is -0.0813. The van der Waals surface area contributed by atoms with Crippen molar-refractivity contribution in [1.82, 2.24) is 9.88 Å². The van der Waals surface area contributed by atoms with Gasteiger partial charge in [-0.2, -0.15) is 5.26 Å². The second-order valence-corrected chi connectivity index (χ2v) is 10.0. The van der Waals surface area contributed by atoms with E-state index in [9.17, 15) is 10.1 Å². The summed E-state index contributed by atoms with van der Waals surface area (Å²) in [5.41, 5.74) is 0.0644. The molecule has 1 aliphatic carbocycles. The quantitative estimate of drug-likeness (QED) is 0.699. The zero-order valence-corrected chi connectivity index (χ0v) is 18.8. The van der Waals surface area contributed by atoms with Crippen molar-refractivity contribution >= 4 is 6.09 Å². The molecule has 168 valence electrons. The van der Waals surface area contributed by atoms with Gasteiger partial charge in [0.1, 0.15) is 11.7 Å². The molecule has 7 nitrogen and oxygen atoms in total. The Labute approximate surface area is 184 Å². The fourth-order valence-electron chi connectivity index (χ4n) is 5.16. The van der Waals surface area contributed by atoms with Gasteiger partial charge in [-0.3, -0.25) is 4.98 Å². The first kappa shape index (κ1) is 21.9. The maximum absolute atomic E-state index is 12.6. The lowest BCUT2D eigenvalue weighted by Crippen LogP contribution is -2.50. The van der Waals surface area contributed by atoms with Crippen LogP contribution in [0.3, 0.4) is 0 Å². The average Bonchev–Trinajstić information content (AvgIpc) is 3.00. The van der Waals surface area contributed by atoms with E-state index in [4.69, 9.17) is 14.2 Å². The standard InChI is InChI=1S/C24H33N3O4/c1-24(2,3)31-23(28)27-17-4-5-18(27)13-21(12-17)29-19-6-8-20(9-7-19)30-22-15-26-11-10-16(22)14-25/h10-11,15,17-21H,4-9,12-13H2,1-3H3/t17-,18-,19?,20?/m0/s1. The van der Waals surface area contributed by atoms with Crippen molar-refractivity contribution in [2.75, 3.05) is 0 Å². The zero-order chi connectivity index (χ0) is 22.0. The van der Waals surface area contributed by atoms with Crippen LogP contribution < -0.4 is 4.74 Å². The average molecular weight is 428 g/mol. The van der Waals surface area contributed by atoms with Gasteiger partial charge in [0.05, 0.1) is 30.1 Å². The van der Waals surface area contributed by atoms with Crippen LogP contribution in [0.1, 0.15) is 77.7 Å². The summed E-state index contributed by atoms with van der Waals surface area (Å²) in [6.07, 6.45) is 11.2. The third-order valence-electron chi connectivity index (χ3n) is 6.50. The molecule has 31 heavy (non-hydrogen) atoms. The van der Waals surface area contributed by atoms with Gasteiger partial charge in [-0.1, -0.05) is 0 Å². The van der Waals surface area contributed by atoms with Gasteiger partial charge in [0.15, 0.2) is 5.75 Å². The van der Waals surface area contributed by atoms with E-state index < -0.39 is 5.60 Å². The first-order chi connectivity index (χ1) is 14.8. The van der Waals surface area contributed by atoms with E-state index >= 15 is 0 Å². The minimum Gasteiger partial charge on any atom is -0.487 e. The lowest BCUT2D eigenvalue weighted by atomic mass is 9.93. The van der Waals surface area contributed by atoms with Gasteiger partial charge in [-0.25, -0.2) is 4.79 Å². The molecular formula is C24H33N3O4. The zero-order valence-electron chi connectivity index (χ0n) is 18.8. The number of piperidine rings is 1. The Morgan fingerprint density at radius 3 is 2.32 bits per heavy atom. The second-order valence-electron chi connectivity index (χ2n) is 10.0. The number of ether oxygens (including phenoxy) is 3. The minimum atomic E-state index is -0.464. The van der Waals surface area contributed by atoms with Crippen LogP contribution in [-0.2, 0) is 9.47 Å². The van der Waals surface area contributed by atoms with Crippen molar-refractivity contribution in [3.8, 4) is 11.8 Å². The Kier molecular flexibility index (Phi) is 6.38. The van der Waals surface area contributed by atoms with Crippen LogP contribution in [0, 0.1) is 11.3 Å². The summed E-state index contributed by atoms with van der Waals surface area (Å²) >= 11 is 0. The predicted molar refractivity (Wildman–Crippen MR) is 115 cm³/mol. The highest BCUT2D eigenvalue weighted by atomic mass is 16.6. The molecule has 2 aliphatic heterocycles. The summed E-state index contributed by atoms with van der Waals surface area (Å²) in [5, 5.41) is 9.22. The third kappa shape index (κ3) is 5.30. The molecule has 0 unspecified atom stereocenters. The van der Waals surface area contributed by atoms with Crippen molar-refractivity contribution in [2.45, 2.75) is 108 Å². The highest BCUT2D eigenvalue weighted by Crippen LogP contribution is 2.39. The van der Waals surface area contributed by atoms with Crippen molar-refractivity contribution in [2.24, 2.45) is 0 Å². The maximum atomic E-state index is 12.6. The molecule has 3 aliphatic rings. The number of hydrogen-bond donors (Lipinski definition) is 0. The van der Waals surface area contributed by atoms with E-state index in [1.165, 1.54) is 0 Å². The topological polar surface area (TPSA) is 84.7 Å². The van der Waals surface area contributed by atoms with E-state index in [-0.39, 0.29) is 36.5 Å². The molecule has 0 spiro atoms. The molecule has 3 heterocycles. The van der Waals surface area contributed by atoms with Gasteiger partial charge in [0.2, 0.25) is 0 Å². The van der Waals surface area contributed by atoms with Gasteiger partial charge in [0.25, 0.3) is 0 Å². The number of hydrogen-bond acceptors (Lipinski definition) is 6. The van der Waals surface area contributed by atoms with Gasteiger partial charge >= 0.3 is 6.09 Å². The van der Waals surface area contributed by atoms with Crippen LogP contribution in [0.2, 0.25) is 0 Å². The van der Waals surface area contributed by atoms with E-state index in [2.05, 4.69) is 11.1 Å². The predicted octanol–water partition coefficient (Wildman–Crippen LogP) is 4.59. The molecule has 4 rings (SSSR count). The molecule has 2 atom stereocenters. The van der Waals surface area contributed by atoms with Crippen LogP contribution in [0.4, 0.5) is 4.79 Å². The number of carbonyl (C=O) groups is 1. The van der Waals surface area contributed by atoms with Crippen LogP contribution in [-0.4, -0.2) is 52.0 Å². The molecule has 1 aromatic heterocycles. The molecule has 1 saturated carbocycles. The fourth-order valence-corrected chi connectivity index (χ4v) is 5.16. The number of nitrogens with zero attached hydrogens (tertiary/aromatic N) is 3. The molecule has 0 radical (unpaired) electrons. The Bertz CT molecular complexity index is 809. The van der Waals surface area contributed by atoms with E-state index in [1.54, 1.807) is 18.5 Å². The molecule has 3 fully saturated rings. The number of rotatable bonds is 4. The number of nitriles is 1. The second kappa shape index (κ2) is 9.04. The van der Waals surface area contributed by atoms with Crippen LogP contribution in [0.15, 0.2) is 18.5 Å². The van der Waals surface area contributed by atoms with Crippen LogP contribution in [0.25, 0.3) is 0 Å². The Hall–Kier alpha value is -2.33. The van der Waals surface area contributed by atoms with E-state index in [0.717, 1.165) is 51.4 Å². The molecule has 0 N–H and O–H groups in total. The van der Waals surface area contributed by atoms with Gasteiger partial charge in [-0.15, -0.1) is 0 Å². The highest BCUT2D eigenvalue weighted by molar-refractivity contribution is 5.69. The fraction of sp³-hybridized carbons (Fsp3) is 0.708. The van der Waals surface area contributed by atoms with Crippen molar-refractivity contribution < 1.29 is 19.0 Å². The highest BCUT2D eigenvalue weighted by Gasteiger charge is 2.45. The molecule has 1 amide bonds.